The summed E-state index contributed by atoms with van der Waals surface area (Å²) in [5.41, 5.74) is 1.87. The fraction of sp³-hybridized carbons (Fsp3) is 0.192. The second-order valence-corrected chi connectivity index (χ2v) is 9.34. The molecule has 1 aromatic carbocycles. The summed E-state index contributed by atoms with van der Waals surface area (Å²) in [7, 11) is 0. The molecule has 1 aliphatic carbocycles. The van der Waals surface area contributed by atoms with E-state index < -0.39 is 5.91 Å². The average molecular weight is 522 g/mol. The topological polar surface area (TPSA) is 106 Å². The second kappa shape index (κ2) is 10.1. The number of aromatic nitrogens is 3. The summed E-state index contributed by atoms with van der Waals surface area (Å²) in [6, 6.07) is 9.99. The molecule has 2 amide bonds. The van der Waals surface area contributed by atoms with Crippen LogP contribution in [0.15, 0.2) is 61.2 Å². The van der Waals surface area contributed by atoms with E-state index in [1.165, 1.54) is 22.9 Å². The number of rotatable bonds is 7. The largest absolute Gasteiger partial charge is 0.352 e. The Bertz CT molecular complexity index is 1460. The molecule has 0 aliphatic heterocycles. The van der Waals surface area contributed by atoms with Gasteiger partial charge in [0.05, 0.1) is 21.1 Å². The number of nitrogens with one attached hydrogen (secondary N) is 2. The van der Waals surface area contributed by atoms with Crippen LogP contribution in [0, 0.1) is 5.92 Å². The van der Waals surface area contributed by atoms with Crippen molar-refractivity contribution in [1.82, 2.24) is 19.9 Å². The first-order chi connectivity index (χ1) is 17.4. The summed E-state index contributed by atoms with van der Waals surface area (Å²) >= 11 is 12.9. The number of nitrogens with zero attached hydrogens (tertiary/aromatic N) is 3. The minimum atomic E-state index is -0.464. The number of hydrogen-bond donors (Lipinski definition) is 2. The third-order valence-corrected chi connectivity index (χ3v) is 6.56. The lowest BCUT2D eigenvalue weighted by Gasteiger charge is -2.12. The maximum atomic E-state index is 13.4. The third kappa shape index (κ3) is 4.96. The zero-order valence-corrected chi connectivity index (χ0v) is 20.5. The molecule has 0 saturated heterocycles. The van der Waals surface area contributed by atoms with E-state index in [1.54, 1.807) is 30.7 Å². The van der Waals surface area contributed by atoms with E-state index >= 15 is 0 Å². The van der Waals surface area contributed by atoms with Crippen molar-refractivity contribution in [1.29, 1.82) is 0 Å². The molecule has 2 N–H and O–H groups in total. The molecule has 0 bridgehead atoms. The lowest BCUT2D eigenvalue weighted by molar-refractivity contribution is -0.117. The number of halogens is 2. The zero-order chi connectivity index (χ0) is 25.2. The van der Waals surface area contributed by atoms with E-state index in [9.17, 15) is 14.4 Å². The summed E-state index contributed by atoms with van der Waals surface area (Å²) in [6.45, 7) is 0.406. The molecule has 10 heteroatoms. The predicted octanol–water partition coefficient (Wildman–Crippen LogP) is 4.75. The Labute approximate surface area is 216 Å². The standard InChI is InChI=1S/C26H21Cl2N5O3/c27-19-12-17(24(34)31-9-5-15-2-1-8-29-14-15)13-20(28)22(19)26(36)33-11-7-18-21(33)6-10-30-23(18)32-25(35)16-3-4-16/h1-2,6-8,10-14,16H,3-5,9H2,(H,31,34)(H,30,32,35). The lowest BCUT2D eigenvalue weighted by atomic mass is 10.1. The summed E-state index contributed by atoms with van der Waals surface area (Å²) in [6.07, 6.45) is 8.90. The van der Waals surface area contributed by atoms with Crippen LogP contribution in [0.3, 0.4) is 0 Å². The zero-order valence-electron chi connectivity index (χ0n) is 19.0. The van der Waals surface area contributed by atoms with Gasteiger partial charge in [-0.2, -0.15) is 0 Å². The van der Waals surface area contributed by atoms with Crippen LogP contribution in [0.4, 0.5) is 5.82 Å². The molecule has 8 nitrogen and oxygen atoms in total. The molecule has 1 saturated carbocycles. The van der Waals surface area contributed by atoms with E-state index in [1.807, 2.05) is 12.1 Å². The van der Waals surface area contributed by atoms with Crippen molar-refractivity contribution in [3.63, 3.8) is 0 Å². The smallest absolute Gasteiger partial charge is 0.265 e. The van der Waals surface area contributed by atoms with Gasteiger partial charge in [-0.05, 0) is 55.2 Å². The second-order valence-electron chi connectivity index (χ2n) is 8.53. The van der Waals surface area contributed by atoms with Crippen molar-refractivity contribution in [3.05, 3.63) is 87.9 Å². The number of amides is 2. The van der Waals surface area contributed by atoms with Gasteiger partial charge in [0.25, 0.3) is 11.8 Å². The Balaban J connectivity index is 1.35. The highest BCUT2D eigenvalue weighted by molar-refractivity contribution is 6.40. The molecule has 0 unspecified atom stereocenters. The van der Waals surface area contributed by atoms with Gasteiger partial charge in [0.2, 0.25) is 5.91 Å². The van der Waals surface area contributed by atoms with Crippen molar-refractivity contribution in [2.45, 2.75) is 19.3 Å². The lowest BCUT2D eigenvalue weighted by Crippen LogP contribution is -2.26. The number of carbonyl (C=O) groups is 3. The Kier molecular flexibility index (Phi) is 6.71. The van der Waals surface area contributed by atoms with Crippen LogP contribution >= 0.6 is 23.2 Å². The molecule has 1 fully saturated rings. The van der Waals surface area contributed by atoms with Gasteiger partial charge in [-0.25, -0.2) is 4.98 Å². The normalized spacial score (nSPS) is 12.9. The van der Waals surface area contributed by atoms with Crippen LogP contribution in [-0.4, -0.2) is 38.8 Å². The Morgan fingerprint density at radius 3 is 2.53 bits per heavy atom. The highest BCUT2D eigenvalue weighted by atomic mass is 35.5. The van der Waals surface area contributed by atoms with Gasteiger partial charge in [-0.15, -0.1) is 0 Å². The van der Waals surface area contributed by atoms with Crippen molar-refractivity contribution in [2.24, 2.45) is 5.92 Å². The van der Waals surface area contributed by atoms with Gasteiger partial charge in [0, 0.05) is 48.2 Å². The first kappa shape index (κ1) is 24.0. The Morgan fingerprint density at radius 2 is 1.83 bits per heavy atom. The molecule has 5 rings (SSSR count). The third-order valence-electron chi connectivity index (χ3n) is 5.97. The van der Waals surface area contributed by atoms with Crippen LogP contribution < -0.4 is 10.6 Å². The number of anilines is 1. The number of carbonyl (C=O) groups excluding carboxylic acids is 3. The number of benzene rings is 1. The minimum Gasteiger partial charge on any atom is -0.352 e. The monoisotopic (exact) mass is 521 g/mol. The first-order valence-corrected chi connectivity index (χ1v) is 12.2. The number of hydrogen-bond acceptors (Lipinski definition) is 5. The van der Waals surface area contributed by atoms with Crippen LogP contribution in [0.25, 0.3) is 10.9 Å². The number of pyridine rings is 2. The van der Waals surface area contributed by atoms with Gasteiger partial charge in [-0.3, -0.25) is 23.9 Å². The molecule has 0 spiro atoms. The van der Waals surface area contributed by atoms with Crippen molar-refractivity contribution in [2.75, 3.05) is 11.9 Å². The van der Waals surface area contributed by atoms with E-state index in [4.69, 9.17) is 23.2 Å². The van der Waals surface area contributed by atoms with Crippen LogP contribution in [0.5, 0.6) is 0 Å². The molecular weight excluding hydrogens is 501 g/mol. The van der Waals surface area contributed by atoms with Crippen molar-refractivity contribution >= 4 is 57.6 Å². The quantitative estimate of drug-likeness (QED) is 0.365. The van der Waals surface area contributed by atoms with Crippen LogP contribution in [-0.2, 0) is 11.2 Å². The Morgan fingerprint density at radius 1 is 1.06 bits per heavy atom. The fourth-order valence-electron chi connectivity index (χ4n) is 3.91. The van der Waals surface area contributed by atoms with E-state index in [2.05, 4.69) is 20.6 Å². The molecule has 1 aliphatic rings. The van der Waals surface area contributed by atoms with Gasteiger partial charge < -0.3 is 10.6 Å². The predicted molar refractivity (Wildman–Crippen MR) is 138 cm³/mol. The summed E-state index contributed by atoms with van der Waals surface area (Å²) in [5, 5.41) is 6.39. The molecule has 182 valence electrons. The summed E-state index contributed by atoms with van der Waals surface area (Å²) in [4.78, 5) is 46.5. The van der Waals surface area contributed by atoms with Crippen molar-refractivity contribution in [3.8, 4) is 0 Å². The molecule has 3 aromatic heterocycles. The summed E-state index contributed by atoms with van der Waals surface area (Å²) in [5.74, 6) is -0.472. The number of fused-ring (bicyclic) bond motifs is 1. The maximum absolute atomic E-state index is 13.4. The fourth-order valence-corrected chi connectivity index (χ4v) is 4.55. The average Bonchev–Trinajstić information content (AvgIpc) is 3.63. The highest BCUT2D eigenvalue weighted by Gasteiger charge is 2.30. The van der Waals surface area contributed by atoms with Gasteiger partial charge >= 0.3 is 0 Å². The molecule has 4 aromatic rings. The van der Waals surface area contributed by atoms with E-state index in [0.717, 1.165) is 18.4 Å². The van der Waals surface area contributed by atoms with Crippen LogP contribution in [0.2, 0.25) is 10.0 Å². The van der Waals surface area contributed by atoms with Crippen molar-refractivity contribution < 1.29 is 14.4 Å². The Hall–Kier alpha value is -3.75. The molecule has 0 radical (unpaired) electrons. The molecule has 3 heterocycles. The van der Waals surface area contributed by atoms with Gasteiger partial charge in [-0.1, -0.05) is 29.3 Å². The SMILES string of the molecule is O=C(NCCc1cccnc1)c1cc(Cl)c(C(=O)n2ccc3c(NC(=O)C4CC4)nccc32)c(Cl)c1. The first-order valence-electron chi connectivity index (χ1n) is 11.4. The maximum Gasteiger partial charge on any atom is 0.265 e. The molecular formula is C26H21Cl2N5O3. The van der Waals surface area contributed by atoms with Gasteiger partial charge in [0.1, 0.15) is 5.82 Å². The molecule has 36 heavy (non-hydrogen) atoms. The molecule has 0 atom stereocenters. The highest BCUT2D eigenvalue weighted by Crippen LogP contribution is 2.32. The minimum absolute atomic E-state index is 0.0226. The van der Waals surface area contributed by atoms with E-state index in [0.29, 0.717) is 29.7 Å². The van der Waals surface area contributed by atoms with Crippen LogP contribution in [0.1, 0.15) is 39.1 Å². The van der Waals surface area contributed by atoms with Gasteiger partial charge in [0.15, 0.2) is 0 Å². The summed E-state index contributed by atoms with van der Waals surface area (Å²) < 4.78 is 1.39. The van der Waals surface area contributed by atoms with E-state index in [-0.39, 0.29) is 38.9 Å².